The van der Waals surface area contributed by atoms with E-state index < -0.39 is 12.0 Å². The molecule has 0 saturated heterocycles. The van der Waals surface area contributed by atoms with Crippen LogP contribution in [0.15, 0.2) is 6.33 Å². The molecule has 1 N–H and O–H groups in total. The number of aromatic nitrogens is 3. The molecule has 0 aliphatic heterocycles. The molecule has 4 nitrogen and oxygen atoms in total. The molecule has 12 heavy (non-hydrogen) atoms. The Kier molecular flexibility index (Phi) is 1.41. The van der Waals surface area contributed by atoms with Crippen LogP contribution in [0.5, 0.6) is 0 Å². The standard InChI is InChI=1S/C6H7F2N3O/c7-6(8)1-4(6)11-3-9-5(2-12)10-11/h3-4,12H,1-2H2. The van der Waals surface area contributed by atoms with Crippen molar-refractivity contribution in [2.45, 2.75) is 25.0 Å². The van der Waals surface area contributed by atoms with Crippen LogP contribution in [0.1, 0.15) is 18.3 Å². The highest BCUT2D eigenvalue weighted by atomic mass is 19.3. The lowest BCUT2D eigenvalue weighted by atomic mass is 10.7. The van der Waals surface area contributed by atoms with Crippen molar-refractivity contribution in [1.29, 1.82) is 0 Å². The molecule has 1 unspecified atom stereocenters. The van der Waals surface area contributed by atoms with Gasteiger partial charge in [0.15, 0.2) is 5.82 Å². The van der Waals surface area contributed by atoms with E-state index in [1.54, 1.807) is 0 Å². The van der Waals surface area contributed by atoms with Crippen LogP contribution in [-0.4, -0.2) is 25.8 Å². The Morgan fingerprint density at radius 3 is 2.83 bits per heavy atom. The van der Waals surface area contributed by atoms with Crippen LogP contribution in [0.2, 0.25) is 0 Å². The van der Waals surface area contributed by atoms with E-state index >= 15 is 0 Å². The summed E-state index contributed by atoms with van der Waals surface area (Å²) in [7, 11) is 0. The van der Waals surface area contributed by atoms with Crippen molar-refractivity contribution >= 4 is 0 Å². The van der Waals surface area contributed by atoms with Crippen LogP contribution in [0.4, 0.5) is 8.78 Å². The van der Waals surface area contributed by atoms with Gasteiger partial charge in [-0.15, -0.1) is 0 Å². The summed E-state index contributed by atoms with van der Waals surface area (Å²) < 4.78 is 26.0. The minimum Gasteiger partial charge on any atom is -0.388 e. The normalized spacial score (nSPS) is 25.8. The lowest BCUT2D eigenvalue weighted by molar-refractivity contribution is 0.0980. The van der Waals surface area contributed by atoms with Gasteiger partial charge in [-0.3, -0.25) is 0 Å². The summed E-state index contributed by atoms with van der Waals surface area (Å²) in [5.41, 5.74) is 0. The van der Waals surface area contributed by atoms with E-state index in [4.69, 9.17) is 5.11 Å². The molecule has 1 aliphatic rings. The molecular weight excluding hydrogens is 168 g/mol. The fourth-order valence-electron chi connectivity index (χ4n) is 1.02. The molecule has 1 heterocycles. The highest BCUT2D eigenvalue weighted by molar-refractivity contribution is 5.00. The maximum absolute atomic E-state index is 12.4. The first kappa shape index (κ1) is 7.60. The molecule has 1 atom stereocenters. The Labute approximate surface area is 66.8 Å². The lowest BCUT2D eigenvalue weighted by Crippen LogP contribution is -2.03. The number of halogens is 2. The number of alkyl halides is 2. The number of aliphatic hydroxyl groups is 1. The molecule has 0 amide bonds. The summed E-state index contributed by atoms with van der Waals surface area (Å²) in [4.78, 5) is 3.63. The third-order valence-corrected chi connectivity index (χ3v) is 1.81. The van der Waals surface area contributed by atoms with Gasteiger partial charge in [0, 0.05) is 6.42 Å². The highest BCUT2D eigenvalue weighted by Gasteiger charge is 2.59. The van der Waals surface area contributed by atoms with Gasteiger partial charge in [-0.1, -0.05) is 0 Å². The molecule has 66 valence electrons. The fraction of sp³-hybridized carbons (Fsp3) is 0.667. The van der Waals surface area contributed by atoms with Gasteiger partial charge in [0.25, 0.3) is 5.92 Å². The zero-order valence-corrected chi connectivity index (χ0v) is 6.11. The van der Waals surface area contributed by atoms with Gasteiger partial charge in [-0.05, 0) is 0 Å². The largest absolute Gasteiger partial charge is 0.388 e. The summed E-state index contributed by atoms with van der Waals surface area (Å²) in [5, 5.41) is 12.2. The molecule has 1 saturated carbocycles. The minimum absolute atomic E-state index is 0.178. The number of hydrogen-bond acceptors (Lipinski definition) is 3. The first-order valence-corrected chi connectivity index (χ1v) is 3.52. The molecule has 1 aromatic heterocycles. The van der Waals surface area contributed by atoms with Gasteiger partial charge in [-0.25, -0.2) is 18.4 Å². The zero-order chi connectivity index (χ0) is 8.77. The number of hydrogen-bond donors (Lipinski definition) is 1. The van der Waals surface area contributed by atoms with E-state index in [1.165, 1.54) is 6.33 Å². The molecule has 0 bridgehead atoms. The predicted molar refractivity (Wildman–Crippen MR) is 34.5 cm³/mol. The van der Waals surface area contributed by atoms with Crippen LogP contribution >= 0.6 is 0 Å². The second kappa shape index (κ2) is 2.22. The lowest BCUT2D eigenvalue weighted by Gasteiger charge is -1.95. The van der Waals surface area contributed by atoms with E-state index in [0.717, 1.165) is 4.68 Å². The second-order valence-corrected chi connectivity index (χ2v) is 2.78. The van der Waals surface area contributed by atoms with Gasteiger partial charge in [-0.2, -0.15) is 5.10 Å². The minimum atomic E-state index is -2.64. The number of aliphatic hydroxyl groups excluding tert-OH is 1. The maximum atomic E-state index is 12.4. The number of nitrogens with zero attached hydrogens (tertiary/aromatic N) is 3. The maximum Gasteiger partial charge on any atom is 0.272 e. The fourth-order valence-corrected chi connectivity index (χ4v) is 1.02. The van der Waals surface area contributed by atoms with Crippen LogP contribution in [0, 0.1) is 0 Å². The third-order valence-electron chi connectivity index (χ3n) is 1.81. The Morgan fingerprint density at radius 1 is 1.75 bits per heavy atom. The van der Waals surface area contributed by atoms with Gasteiger partial charge in [0.05, 0.1) is 0 Å². The Bertz CT molecular complexity index is 299. The summed E-state index contributed by atoms with van der Waals surface area (Å²) in [6.07, 6.45) is 1.04. The van der Waals surface area contributed by atoms with E-state index in [1.807, 2.05) is 0 Å². The van der Waals surface area contributed by atoms with Crippen molar-refractivity contribution in [2.24, 2.45) is 0 Å². The van der Waals surface area contributed by atoms with Crippen LogP contribution in [-0.2, 0) is 6.61 Å². The predicted octanol–water partition coefficient (Wildman–Crippen LogP) is 0.351. The average Bonchev–Trinajstić information content (AvgIpc) is 2.52. The van der Waals surface area contributed by atoms with Crippen LogP contribution < -0.4 is 0 Å². The second-order valence-electron chi connectivity index (χ2n) is 2.78. The number of rotatable bonds is 2. The van der Waals surface area contributed by atoms with Crippen molar-refractivity contribution in [3.63, 3.8) is 0 Å². The van der Waals surface area contributed by atoms with Crippen LogP contribution in [0.25, 0.3) is 0 Å². The van der Waals surface area contributed by atoms with Crippen molar-refractivity contribution < 1.29 is 13.9 Å². The van der Waals surface area contributed by atoms with Crippen molar-refractivity contribution in [3.8, 4) is 0 Å². The van der Waals surface area contributed by atoms with E-state index in [-0.39, 0.29) is 18.9 Å². The van der Waals surface area contributed by atoms with E-state index in [9.17, 15) is 8.78 Å². The smallest absolute Gasteiger partial charge is 0.272 e. The van der Waals surface area contributed by atoms with E-state index in [2.05, 4.69) is 10.1 Å². The third kappa shape index (κ3) is 1.08. The zero-order valence-electron chi connectivity index (χ0n) is 6.11. The van der Waals surface area contributed by atoms with Gasteiger partial charge in [0.2, 0.25) is 0 Å². The van der Waals surface area contributed by atoms with Gasteiger partial charge < -0.3 is 5.11 Å². The molecule has 0 aromatic carbocycles. The summed E-state index contributed by atoms with van der Waals surface area (Å²) in [6, 6.07) is -0.856. The van der Waals surface area contributed by atoms with Gasteiger partial charge >= 0.3 is 0 Å². The van der Waals surface area contributed by atoms with Gasteiger partial charge in [0.1, 0.15) is 19.0 Å². The van der Waals surface area contributed by atoms with Crippen LogP contribution in [0.3, 0.4) is 0 Å². The molecule has 1 fully saturated rings. The monoisotopic (exact) mass is 175 g/mol. The molecule has 0 spiro atoms. The first-order chi connectivity index (χ1) is 5.63. The Morgan fingerprint density at radius 2 is 2.42 bits per heavy atom. The van der Waals surface area contributed by atoms with Crippen molar-refractivity contribution in [1.82, 2.24) is 14.8 Å². The van der Waals surface area contributed by atoms with Crippen molar-refractivity contribution in [3.05, 3.63) is 12.2 Å². The molecule has 2 rings (SSSR count). The first-order valence-electron chi connectivity index (χ1n) is 3.52. The highest BCUT2D eigenvalue weighted by Crippen LogP contribution is 2.51. The molecular formula is C6H7F2N3O. The summed E-state index contributed by atoms with van der Waals surface area (Å²) >= 11 is 0. The Balaban J connectivity index is 2.15. The molecule has 6 heteroatoms. The molecule has 1 aliphatic carbocycles. The molecule has 1 aromatic rings. The molecule has 0 radical (unpaired) electrons. The topological polar surface area (TPSA) is 50.9 Å². The summed E-state index contributed by atoms with van der Waals surface area (Å²) in [5.74, 6) is -2.46. The summed E-state index contributed by atoms with van der Waals surface area (Å²) in [6.45, 7) is -0.314. The van der Waals surface area contributed by atoms with Crippen molar-refractivity contribution in [2.75, 3.05) is 0 Å². The van der Waals surface area contributed by atoms with E-state index in [0.29, 0.717) is 0 Å². The SMILES string of the molecule is OCc1ncn(C2CC2(F)F)n1. The Hall–Kier alpha value is -1.04. The quantitative estimate of drug-likeness (QED) is 0.705. The average molecular weight is 175 g/mol.